The molecule has 18 heavy (non-hydrogen) atoms. The highest BCUT2D eigenvalue weighted by atomic mass is 16.4. The molecule has 5 heteroatoms. The lowest BCUT2D eigenvalue weighted by Crippen LogP contribution is -2.52. The van der Waals surface area contributed by atoms with Gasteiger partial charge < -0.3 is 15.7 Å². The standard InChI is InChI=1S/C13H24N2O3/c1-8(2)10(11(16)17)15-12(18)14-9-6-5-7-13(9,3)4/h8-10H,5-7H2,1-4H3,(H,16,17)(H2,14,15,18)/t9?,10-/m1/s1. The van der Waals surface area contributed by atoms with E-state index in [1.807, 2.05) is 0 Å². The molecule has 1 rings (SSSR count). The van der Waals surface area contributed by atoms with Crippen LogP contribution in [-0.4, -0.2) is 29.2 Å². The summed E-state index contributed by atoms with van der Waals surface area (Å²) < 4.78 is 0. The van der Waals surface area contributed by atoms with Gasteiger partial charge in [0.1, 0.15) is 6.04 Å². The van der Waals surface area contributed by atoms with E-state index in [1.54, 1.807) is 13.8 Å². The van der Waals surface area contributed by atoms with Crippen LogP contribution in [-0.2, 0) is 4.79 Å². The highest BCUT2D eigenvalue weighted by molar-refractivity contribution is 5.82. The number of carbonyl (C=O) groups excluding carboxylic acids is 1. The Bertz CT molecular complexity index is 326. The van der Waals surface area contributed by atoms with Gasteiger partial charge in [0.2, 0.25) is 0 Å². The number of urea groups is 1. The highest BCUT2D eigenvalue weighted by Gasteiger charge is 2.36. The molecule has 0 spiro atoms. The van der Waals surface area contributed by atoms with E-state index >= 15 is 0 Å². The molecule has 0 aromatic heterocycles. The molecule has 1 unspecified atom stereocenters. The summed E-state index contributed by atoms with van der Waals surface area (Å²) >= 11 is 0. The maximum Gasteiger partial charge on any atom is 0.326 e. The number of hydrogen-bond donors (Lipinski definition) is 3. The summed E-state index contributed by atoms with van der Waals surface area (Å²) in [5.41, 5.74) is 0.0912. The Balaban J connectivity index is 2.53. The van der Waals surface area contributed by atoms with Gasteiger partial charge in [0.25, 0.3) is 0 Å². The quantitative estimate of drug-likeness (QED) is 0.719. The molecule has 3 N–H and O–H groups in total. The van der Waals surface area contributed by atoms with Crippen molar-refractivity contribution in [3.63, 3.8) is 0 Å². The monoisotopic (exact) mass is 256 g/mol. The van der Waals surface area contributed by atoms with E-state index in [2.05, 4.69) is 24.5 Å². The third-order valence-corrected chi connectivity index (χ3v) is 3.78. The Morgan fingerprint density at radius 3 is 2.33 bits per heavy atom. The number of nitrogens with one attached hydrogen (secondary N) is 2. The molecule has 1 fully saturated rings. The molecule has 0 radical (unpaired) electrons. The van der Waals surface area contributed by atoms with Crippen molar-refractivity contribution in [3.8, 4) is 0 Å². The van der Waals surface area contributed by atoms with E-state index in [1.165, 1.54) is 0 Å². The van der Waals surface area contributed by atoms with E-state index in [9.17, 15) is 9.59 Å². The average Bonchev–Trinajstić information content (AvgIpc) is 2.54. The Labute approximate surface area is 108 Å². The van der Waals surface area contributed by atoms with Gasteiger partial charge in [-0.05, 0) is 24.2 Å². The van der Waals surface area contributed by atoms with Crippen LogP contribution in [0.1, 0.15) is 47.0 Å². The lowest BCUT2D eigenvalue weighted by Gasteiger charge is -2.28. The molecular formula is C13H24N2O3. The van der Waals surface area contributed by atoms with E-state index in [0.717, 1.165) is 19.3 Å². The molecule has 0 aliphatic heterocycles. The summed E-state index contributed by atoms with van der Waals surface area (Å²) in [5.74, 6) is -1.13. The molecule has 2 atom stereocenters. The van der Waals surface area contributed by atoms with E-state index < -0.39 is 12.0 Å². The fraction of sp³-hybridized carbons (Fsp3) is 0.846. The summed E-state index contributed by atoms with van der Waals surface area (Å²) in [7, 11) is 0. The second kappa shape index (κ2) is 5.59. The zero-order valence-electron chi connectivity index (χ0n) is 11.6. The number of carboxylic acid groups (broad SMARTS) is 1. The van der Waals surface area contributed by atoms with Gasteiger partial charge in [-0.15, -0.1) is 0 Å². The van der Waals surface area contributed by atoms with Crippen LogP contribution < -0.4 is 10.6 Å². The molecule has 1 saturated carbocycles. The molecular weight excluding hydrogens is 232 g/mol. The van der Waals surface area contributed by atoms with Gasteiger partial charge in [0.15, 0.2) is 0 Å². The van der Waals surface area contributed by atoms with Crippen LogP contribution in [0.2, 0.25) is 0 Å². The maximum absolute atomic E-state index is 11.8. The highest BCUT2D eigenvalue weighted by Crippen LogP contribution is 2.37. The third-order valence-electron chi connectivity index (χ3n) is 3.78. The summed E-state index contributed by atoms with van der Waals surface area (Å²) in [4.78, 5) is 22.8. The molecule has 5 nitrogen and oxygen atoms in total. The molecule has 1 aliphatic rings. The third kappa shape index (κ3) is 3.62. The number of carboxylic acids is 1. The summed E-state index contributed by atoms with van der Waals surface area (Å²) in [6, 6.07) is -1.09. The summed E-state index contributed by atoms with van der Waals surface area (Å²) in [6.45, 7) is 7.81. The van der Waals surface area contributed by atoms with Crippen LogP contribution in [0, 0.1) is 11.3 Å². The topological polar surface area (TPSA) is 78.4 Å². The largest absolute Gasteiger partial charge is 0.480 e. The predicted molar refractivity (Wildman–Crippen MR) is 69.3 cm³/mol. The van der Waals surface area contributed by atoms with Crippen molar-refractivity contribution in [1.82, 2.24) is 10.6 Å². The lowest BCUT2D eigenvalue weighted by atomic mass is 9.87. The van der Waals surface area contributed by atoms with E-state index in [4.69, 9.17) is 5.11 Å². The molecule has 0 saturated heterocycles. The van der Waals surface area contributed by atoms with Gasteiger partial charge in [0.05, 0.1) is 0 Å². The first-order valence-electron chi connectivity index (χ1n) is 6.54. The Kier molecular flexibility index (Phi) is 4.59. The molecule has 104 valence electrons. The van der Waals surface area contributed by atoms with Gasteiger partial charge in [-0.1, -0.05) is 34.1 Å². The molecule has 0 aromatic rings. The minimum atomic E-state index is -0.995. The van der Waals surface area contributed by atoms with Crippen molar-refractivity contribution in [3.05, 3.63) is 0 Å². The Morgan fingerprint density at radius 2 is 1.94 bits per heavy atom. The zero-order chi connectivity index (χ0) is 13.9. The summed E-state index contributed by atoms with van der Waals surface area (Å²) in [5, 5.41) is 14.4. The van der Waals surface area contributed by atoms with Crippen molar-refractivity contribution in [2.75, 3.05) is 0 Å². The average molecular weight is 256 g/mol. The van der Waals surface area contributed by atoms with E-state index in [-0.39, 0.29) is 23.4 Å². The number of rotatable bonds is 4. The van der Waals surface area contributed by atoms with Crippen LogP contribution in [0.3, 0.4) is 0 Å². The van der Waals surface area contributed by atoms with E-state index in [0.29, 0.717) is 0 Å². The molecule has 0 bridgehead atoms. The zero-order valence-corrected chi connectivity index (χ0v) is 11.6. The Morgan fingerprint density at radius 1 is 1.33 bits per heavy atom. The van der Waals surface area contributed by atoms with Gasteiger partial charge in [0, 0.05) is 6.04 Å². The smallest absolute Gasteiger partial charge is 0.326 e. The molecule has 0 aromatic carbocycles. The van der Waals surface area contributed by atoms with Crippen molar-refractivity contribution < 1.29 is 14.7 Å². The van der Waals surface area contributed by atoms with Crippen LogP contribution in [0.15, 0.2) is 0 Å². The molecule has 2 amide bonds. The normalized spacial score (nSPS) is 23.7. The van der Waals surface area contributed by atoms with Gasteiger partial charge >= 0.3 is 12.0 Å². The minimum Gasteiger partial charge on any atom is -0.480 e. The van der Waals surface area contributed by atoms with Gasteiger partial charge in [-0.3, -0.25) is 0 Å². The van der Waals surface area contributed by atoms with Crippen molar-refractivity contribution in [2.45, 2.75) is 59.0 Å². The maximum atomic E-state index is 11.8. The number of hydrogen-bond acceptors (Lipinski definition) is 2. The van der Waals surface area contributed by atoms with Crippen LogP contribution in [0.4, 0.5) is 4.79 Å². The fourth-order valence-electron chi connectivity index (χ4n) is 2.45. The lowest BCUT2D eigenvalue weighted by molar-refractivity contribution is -0.140. The second-order valence-electron chi connectivity index (χ2n) is 6.11. The van der Waals surface area contributed by atoms with Crippen molar-refractivity contribution in [1.29, 1.82) is 0 Å². The van der Waals surface area contributed by atoms with Crippen molar-refractivity contribution in [2.24, 2.45) is 11.3 Å². The number of aliphatic carboxylic acids is 1. The number of amides is 2. The van der Waals surface area contributed by atoms with Crippen molar-refractivity contribution >= 4 is 12.0 Å². The fourth-order valence-corrected chi connectivity index (χ4v) is 2.45. The first-order chi connectivity index (χ1) is 8.24. The molecule has 0 heterocycles. The van der Waals surface area contributed by atoms with Crippen LogP contribution in [0.25, 0.3) is 0 Å². The second-order valence-corrected chi connectivity index (χ2v) is 6.11. The number of carbonyl (C=O) groups is 2. The van der Waals surface area contributed by atoms with Gasteiger partial charge in [-0.25, -0.2) is 9.59 Å². The first-order valence-corrected chi connectivity index (χ1v) is 6.54. The van der Waals surface area contributed by atoms with Crippen LogP contribution >= 0.6 is 0 Å². The first kappa shape index (κ1) is 14.8. The summed E-state index contributed by atoms with van der Waals surface area (Å²) in [6.07, 6.45) is 3.15. The Hall–Kier alpha value is -1.26. The van der Waals surface area contributed by atoms with Gasteiger partial charge in [-0.2, -0.15) is 0 Å². The van der Waals surface area contributed by atoms with Crippen LogP contribution in [0.5, 0.6) is 0 Å². The SMILES string of the molecule is CC(C)[C@@H](NC(=O)NC1CCCC1(C)C)C(=O)O. The predicted octanol–water partition coefficient (Wildman–Crippen LogP) is 1.97. The minimum absolute atomic E-state index is 0.0912. The molecule has 1 aliphatic carbocycles.